The fourth-order valence-corrected chi connectivity index (χ4v) is 5.59. The van der Waals surface area contributed by atoms with Gasteiger partial charge in [-0.3, -0.25) is 0 Å². The van der Waals surface area contributed by atoms with Crippen molar-refractivity contribution < 1.29 is 19.1 Å². The molecular formula is C73H85N13O4. The van der Waals surface area contributed by atoms with Crippen LogP contribution in [0.15, 0.2) is 129 Å². The molecule has 90 heavy (non-hydrogen) atoms. The number of pyridine rings is 1. The van der Waals surface area contributed by atoms with Gasteiger partial charge in [-0.15, -0.1) is 0 Å². The van der Waals surface area contributed by atoms with E-state index in [0.29, 0.717) is 28.8 Å². The molecule has 6 heterocycles. The SMILES string of the molecule is CC.CC.CC.CC.CC.CC.CC.CC.CC#CC#CC#CC#CC#CC#CC#CC#CC#CC.CNC(=O)Nc1ccc(Oc2ccc(-c3cnn4cccnc34)cc2)nc1.CNC(=O)Nc1cnc(Oc2ccc(-c3cnn4cccnc34)cc2)nc1. The van der Waals surface area contributed by atoms with Gasteiger partial charge in [0.05, 0.1) is 42.4 Å². The number of urea groups is 2. The minimum absolute atomic E-state index is 0.183. The van der Waals surface area contributed by atoms with Gasteiger partial charge in [-0.2, -0.15) is 10.2 Å². The standard InChI is InChI=1S/C20H6.C19H16N6O2.C18H15N7O2.8C2H6/c1-3-5-7-9-11-13-15-17-19-20-18-16-14-12-10-8-6-4-2;1-20-19(26)24-14-5-8-17(22-11-14)27-15-6-3-13(4-7-15)16-12-23-25-10-2-9-21-18(16)25;1-19-17(26)24-13-9-21-18(22-10-13)27-14-5-3-12(4-6-14)15-11-23-25-8-2-7-20-16(15)25;8*1-2/h1-2H3;2-12H,1H3,(H2,20,24,26);2-11H,1H3,(H2,19,24,26);8*1-2H3. The van der Waals surface area contributed by atoms with Gasteiger partial charge in [0, 0.05) is 56.1 Å². The fraction of sp³-hybridized carbons (Fsp3) is 0.274. The molecule has 6 aromatic heterocycles. The molecule has 466 valence electrons. The van der Waals surface area contributed by atoms with Crippen LogP contribution in [0.4, 0.5) is 21.0 Å². The van der Waals surface area contributed by atoms with Crippen LogP contribution >= 0.6 is 0 Å². The second-order valence-electron chi connectivity index (χ2n) is 13.7. The Kier molecular flexibility index (Phi) is 52.6. The van der Waals surface area contributed by atoms with Crippen molar-refractivity contribution in [2.75, 3.05) is 24.7 Å². The first-order valence-electron chi connectivity index (χ1n) is 29.6. The average molecular weight is 1210 g/mol. The third kappa shape index (κ3) is 33.5. The Morgan fingerprint density at radius 3 is 1.06 bits per heavy atom. The van der Waals surface area contributed by atoms with Crippen molar-refractivity contribution in [1.29, 1.82) is 0 Å². The highest BCUT2D eigenvalue weighted by Gasteiger charge is 2.10. The number of hydrogen-bond donors (Lipinski definition) is 4. The second-order valence-corrected chi connectivity index (χ2v) is 13.7. The molecule has 0 saturated carbocycles. The number of fused-ring (bicyclic) bond motifs is 2. The Bertz CT molecular complexity index is 3620. The van der Waals surface area contributed by atoms with E-state index >= 15 is 0 Å². The maximum Gasteiger partial charge on any atom is 0.322 e. The number of ether oxygens (including phenoxy) is 2. The third-order valence-electron chi connectivity index (χ3n) is 8.84. The normalized spacial score (nSPS) is 7.73. The van der Waals surface area contributed by atoms with Crippen molar-refractivity contribution in [2.24, 2.45) is 0 Å². The predicted molar refractivity (Wildman–Crippen MR) is 372 cm³/mol. The lowest BCUT2D eigenvalue weighted by Gasteiger charge is -2.07. The molecule has 0 aliphatic heterocycles. The topological polar surface area (TPSA) is 200 Å². The summed E-state index contributed by atoms with van der Waals surface area (Å²) >= 11 is 0. The largest absolute Gasteiger partial charge is 0.439 e. The number of carbonyl (C=O) groups excluding carboxylic acids is 2. The molecule has 4 amide bonds. The predicted octanol–water partition coefficient (Wildman–Crippen LogP) is 15.3. The number of hydrogen-bond acceptors (Lipinski definition) is 11. The van der Waals surface area contributed by atoms with Gasteiger partial charge in [0.1, 0.15) is 11.5 Å². The van der Waals surface area contributed by atoms with E-state index in [1.807, 2.05) is 184 Å². The Morgan fingerprint density at radius 1 is 0.389 bits per heavy atom. The molecular weight excluding hydrogens is 1120 g/mol. The van der Waals surface area contributed by atoms with E-state index in [-0.39, 0.29) is 18.1 Å². The van der Waals surface area contributed by atoms with Crippen molar-refractivity contribution in [1.82, 2.24) is 54.8 Å². The first-order valence-corrected chi connectivity index (χ1v) is 29.6. The minimum Gasteiger partial charge on any atom is -0.439 e. The zero-order chi connectivity index (χ0) is 68.0. The third-order valence-corrected chi connectivity index (χ3v) is 8.84. The van der Waals surface area contributed by atoms with Crippen LogP contribution in [0.25, 0.3) is 33.5 Å². The van der Waals surface area contributed by atoms with E-state index in [0.717, 1.165) is 33.5 Å². The number of nitrogens with zero attached hydrogens (tertiary/aromatic N) is 9. The summed E-state index contributed by atoms with van der Waals surface area (Å²) in [4.78, 5) is 43.6. The lowest BCUT2D eigenvalue weighted by atomic mass is 10.1. The summed E-state index contributed by atoms with van der Waals surface area (Å²) in [5.41, 5.74) is 6.49. The second kappa shape index (κ2) is 57.5. The number of aromatic nitrogens is 9. The number of benzene rings is 2. The van der Waals surface area contributed by atoms with Crippen LogP contribution in [-0.4, -0.2) is 70.3 Å². The van der Waals surface area contributed by atoms with E-state index in [9.17, 15) is 9.59 Å². The molecule has 0 radical (unpaired) electrons. The van der Waals surface area contributed by atoms with Crippen LogP contribution < -0.4 is 30.7 Å². The van der Waals surface area contributed by atoms with Crippen LogP contribution in [0.2, 0.25) is 0 Å². The monoisotopic (exact) mass is 1210 g/mol. The zero-order valence-electron chi connectivity index (χ0n) is 55.8. The van der Waals surface area contributed by atoms with Gasteiger partial charge in [-0.05, 0) is 162 Å². The summed E-state index contributed by atoms with van der Waals surface area (Å²) in [6, 6.07) is 21.7. The van der Waals surface area contributed by atoms with Gasteiger partial charge in [-0.25, -0.2) is 43.5 Å². The summed E-state index contributed by atoms with van der Waals surface area (Å²) in [6.45, 7) is 35.4. The molecule has 8 rings (SSSR count). The summed E-state index contributed by atoms with van der Waals surface area (Å²) in [5.74, 6) is 47.3. The van der Waals surface area contributed by atoms with E-state index in [4.69, 9.17) is 9.47 Å². The number of nitrogens with one attached hydrogen (secondary N) is 4. The van der Waals surface area contributed by atoms with Crippen molar-refractivity contribution in [3.05, 3.63) is 129 Å². The van der Waals surface area contributed by atoms with Crippen LogP contribution in [0.3, 0.4) is 0 Å². The Morgan fingerprint density at radius 2 is 0.722 bits per heavy atom. The number of rotatable bonds is 8. The van der Waals surface area contributed by atoms with Gasteiger partial charge >= 0.3 is 18.1 Å². The first kappa shape index (κ1) is 82.3. The van der Waals surface area contributed by atoms with Gasteiger partial charge in [0.2, 0.25) is 5.88 Å². The van der Waals surface area contributed by atoms with Gasteiger partial charge < -0.3 is 30.7 Å². The van der Waals surface area contributed by atoms with E-state index in [1.165, 1.54) is 25.6 Å². The van der Waals surface area contributed by atoms with Gasteiger partial charge in [0.15, 0.2) is 11.3 Å². The molecule has 0 aliphatic rings. The summed E-state index contributed by atoms with van der Waals surface area (Å²) in [6.07, 6.45) is 15.2. The highest BCUT2D eigenvalue weighted by Crippen LogP contribution is 2.29. The molecule has 0 spiro atoms. The summed E-state index contributed by atoms with van der Waals surface area (Å²) in [5, 5.41) is 18.7. The van der Waals surface area contributed by atoms with Crippen LogP contribution in [0, 0.1) is 107 Å². The Hall–Kier alpha value is -11.9. The Balaban J connectivity index is -0.00000114. The molecule has 17 nitrogen and oxygen atoms in total. The highest BCUT2D eigenvalue weighted by molar-refractivity contribution is 5.89. The molecule has 4 N–H and O–H groups in total. The van der Waals surface area contributed by atoms with Crippen molar-refractivity contribution in [3.8, 4) is 152 Å². The molecule has 17 heteroatoms. The van der Waals surface area contributed by atoms with E-state index < -0.39 is 0 Å². The maximum absolute atomic E-state index is 11.3. The number of amides is 4. The van der Waals surface area contributed by atoms with Crippen LogP contribution in [-0.2, 0) is 0 Å². The molecule has 0 aliphatic carbocycles. The summed E-state index contributed by atoms with van der Waals surface area (Å²) in [7, 11) is 3.08. The molecule has 8 aromatic rings. The zero-order valence-corrected chi connectivity index (χ0v) is 55.8. The van der Waals surface area contributed by atoms with Crippen LogP contribution in [0.1, 0.15) is 125 Å². The van der Waals surface area contributed by atoms with Crippen molar-refractivity contribution >= 4 is 34.7 Å². The lowest BCUT2D eigenvalue weighted by molar-refractivity contribution is 0.253. The van der Waals surface area contributed by atoms with Gasteiger partial charge in [-0.1, -0.05) is 147 Å². The molecule has 2 aromatic carbocycles. The lowest BCUT2D eigenvalue weighted by Crippen LogP contribution is -2.24. The molecule has 0 bridgehead atoms. The Labute approximate surface area is 536 Å². The van der Waals surface area contributed by atoms with Crippen LogP contribution in [0.5, 0.6) is 23.4 Å². The molecule has 0 saturated heterocycles. The average Bonchev–Trinajstić information content (AvgIpc) is 3.27. The molecule has 0 unspecified atom stereocenters. The fourth-order valence-electron chi connectivity index (χ4n) is 5.59. The first-order chi connectivity index (χ1) is 44.4. The summed E-state index contributed by atoms with van der Waals surface area (Å²) < 4.78 is 14.8. The molecule has 0 atom stereocenters. The number of anilines is 2. The smallest absolute Gasteiger partial charge is 0.322 e. The van der Waals surface area contributed by atoms with E-state index in [2.05, 4.69) is 163 Å². The highest BCUT2D eigenvalue weighted by atomic mass is 16.5. The molecule has 0 fully saturated rings. The maximum atomic E-state index is 11.3. The minimum atomic E-state index is -0.343. The van der Waals surface area contributed by atoms with Crippen molar-refractivity contribution in [2.45, 2.75) is 125 Å². The van der Waals surface area contributed by atoms with Gasteiger partial charge in [0.25, 0.3) is 0 Å². The van der Waals surface area contributed by atoms with Crippen molar-refractivity contribution in [3.63, 3.8) is 0 Å². The van der Waals surface area contributed by atoms with E-state index in [1.54, 1.807) is 66.8 Å². The quantitative estimate of drug-likeness (QED) is 0.106. The number of carbonyl (C=O) groups is 2.